The van der Waals surface area contributed by atoms with Gasteiger partial charge in [-0.05, 0) is 42.8 Å². The molecule has 0 aliphatic rings. The number of aryl methyl sites for hydroxylation is 1. The molecule has 2 aromatic carbocycles. The summed E-state index contributed by atoms with van der Waals surface area (Å²) in [6, 6.07) is 13.2. The highest BCUT2D eigenvalue weighted by atomic mass is 35.5. The molecule has 28 heavy (non-hydrogen) atoms. The summed E-state index contributed by atoms with van der Waals surface area (Å²) in [5.74, 6) is -0.284. The molecule has 0 spiro atoms. The Labute approximate surface area is 168 Å². The number of hydrogen-bond donors (Lipinski definition) is 1. The molecule has 1 atom stereocenters. The van der Waals surface area contributed by atoms with Gasteiger partial charge in [0.25, 0.3) is 5.91 Å². The summed E-state index contributed by atoms with van der Waals surface area (Å²) in [5.41, 5.74) is 2.01. The van der Waals surface area contributed by atoms with Crippen LogP contribution in [0, 0.1) is 11.3 Å². The quantitative estimate of drug-likeness (QED) is 0.704. The average Bonchev–Trinajstić information content (AvgIpc) is 2.96. The number of nitrogens with zero attached hydrogens (tertiary/aromatic N) is 2. The number of benzene rings is 2. The molecule has 1 N–H and O–H groups in total. The first kappa shape index (κ1) is 19.9. The highest BCUT2D eigenvalue weighted by Crippen LogP contribution is 2.24. The summed E-state index contributed by atoms with van der Waals surface area (Å²) >= 11 is 6.03. The number of aromatic nitrogens is 1. The van der Waals surface area contributed by atoms with Crippen molar-refractivity contribution in [3.05, 3.63) is 64.3 Å². The molecule has 1 unspecified atom stereocenters. The van der Waals surface area contributed by atoms with E-state index in [1.165, 1.54) is 12.1 Å². The van der Waals surface area contributed by atoms with Gasteiger partial charge in [0.2, 0.25) is 0 Å². The van der Waals surface area contributed by atoms with Crippen LogP contribution in [-0.4, -0.2) is 25.1 Å². The minimum atomic E-state index is -3.50. The summed E-state index contributed by atoms with van der Waals surface area (Å²) in [5, 5.41) is 13.6. The fourth-order valence-corrected chi connectivity index (χ4v) is 4.09. The van der Waals surface area contributed by atoms with Crippen LogP contribution in [0.25, 0.3) is 10.9 Å². The van der Waals surface area contributed by atoms with Crippen molar-refractivity contribution < 1.29 is 13.2 Å². The summed E-state index contributed by atoms with van der Waals surface area (Å²) in [4.78, 5) is 12.7. The van der Waals surface area contributed by atoms with Gasteiger partial charge in [-0.15, -0.1) is 0 Å². The number of nitrogens with one attached hydrogen (secondary N) is 1. The van der Waals surface area contributed by atoms with Crippen molar-refractivity contribution in [3.63, 3.8) is 0 Å². The van der Waals surface area contributed by atoms with Gasteiger partial charge in [-0.2, -0.15) is 5.26 Å². The van der Waals surface area contributed by atoms with Crippen LogP contribution in [0.3, 0.4) is 0 Å². The molecular weight excluding hydrogens is 398 g/mol. The van der Waals surface area contributed by atoms with Gasteiger partial charge >= 0.3 is 0 Å². The molecule has 0 fully saturated rings. The van der Waals surface area contributed by atoms with Gasteiger partial charge in [0.05, 0.1) is 16.5 Å². The normalized spacial score (nSPS) is 12.5. The third kappa shape index (κ3) is 3.75. The zero-order valence-electron chi connectivity index (χ0n) is 15.5. The zero-order chi connectivity index (χ0) is 20.6. The van der Waals surface area contributed by atoms with Crippen LogP contribution in [-0.2, 0) is 16.9 Å². The highest BCUT2D eigenvalue weighted by molar-refractivity contribution is 7.90. The molecule has 0 saturated heterocycles. The van der Waals surface area contributed by atoms with Crippen molar-refractivity contribution in [2.24, 2.45) is 7.05 Å². The fourth-order valence-electron chi connectivity index (χ4n) is 3.10. The summed E-state index contributed by atoms with van der Waals surface area (Å²) in [6.07, 6.45) is 1.06. The molecule has 0 radical (unpaired) electrons. The SMILES string of the molecule is CC(NC(=O)c1cc2ccc(Cl)cc2n1C)c1ccc(S(C)(=O)=O)c(C#N)c1. The minimum absolute atomic E-state index is 0.0251. The minimum Gasteiger partial charge on any atom is -0.344 e. The van der Waals surface area contributed by atoms with E-state index in [1.54, 1.807) is 42.8 Å². The van der Waals surface area contributed by atoms with E-state index in [9.17, 15) is 18.5 Å². The van der Waals surface area contributed by atoms with Gasteiger partial charge < -0.3 is 9.88 Å². The number of carbonyl (C=O) groups excluding carboxylic acids is 1. The Morgan fingerprint density at radius 2 is 1.93 bits per heavy atom. The third-order valence-electron chi connectivity index (χ3n) is 4.61. The van der Waals surface area contributed by atoms with Crippen LogP contribution >= 0.6 is 11.6 Å². The van der Waals surface area contributed by atoms with E-state index in [2.05, 4.69) is 5.32 Å². The Morgan fingerprint density at radius 3 is 2.57 bits per heavy atom. The van der Waals surface area contributed by atoms with Crippen molar-refractivity contribution in [2.75, 3.05) is 6.26 Å². The Kier molecular flexibility index (Phi) is 5.20. The molecular formula is C20H18ClN3O3S. The van der Waals surface area contributed by atoms with Crippen LogP contribution in [0.4, 0.5) is 0 Å². The maximum Gasteiger partial charge on any atom is 0.268 e. The first-order valence-electron chi connectivity index (χ1n) is 8.41. The Balaban J connectivity index is 1.89. The van der Waals surface area contributed by atoms with Gasteiger partial charge in [-0.3, -0.25) is 4.79 Å². The van der Waals surface area contributed by atoms with Crippen molar-refractivity contribution in [1.29, 1.82) is 5.26 Å². The topological polar surface area (TPSA) is 92.0 Å². The number of rotatable bonds is 4. The molecule has 144 valence electrons. The van der Waals surface area contributed by atoms with E-state index in [1.807, 2.05) is 12.1 Å². The predicted octanol–water partition coefficient (Wildman–Crippen LogP) is 3.60. The van der Waals surface area contributed by atoms with Gasteiger partial charge in [-0.25, -0.2) is 8.42 Å². The molecule has 1 heterocycles. The smallest absolute Gasteiger partial charge is 0.268 e. The molecule has 0 bridgehead atoms. The lowest BCUT2D eigenvalue weighted by Gasteiger charge is -2.16. The largest absolute Gasteiger partial charge is 0.344 e. The van der Waals surface area contributed by atoms with Crippen molar-refractivity contribution in [1.82, 2.24) is 9.88 Å². The second kappa shape index (κ2) is 7.30. The van der Waals surface area contributed by atoms with E-state index in [0.29, 0.717) is 16.3 Å². The van der Waals surface area contributed by atoms with E-state index in [0.717, 1.165) is 17.2 Å². The first-order valence-corrected chi connectivity index (χ1v) is 10.7. The number of nitriles is 1. The standard InChI is InChI=1S/C20H18ClN3O3S/c1-12(13-5-7-19(28(3,26)27)15(8-13)11-22)23-20(25)18-9-14-4-6-16(21)10-17(14)24(18)2/h4-10,12H,1-3H3,(H,23,25). The zero-order valence-corrected chi connectivity index (χ0v) is 17.1. The molecule has 3 aromatic rings. The monoisotopic (exact) mass is 415 g/mol. The number of fused-ring (bicyclic) bond motifs is 1. The molecule has 6 nitrogen and oxygen atoms in total. The molecule has 0 saturated carbocycles. The second-order valence-corrected chi connectivity index (χ2v) is 9.05. The fraction of sp³-hybridized carbons (Fsp3) is 0.200. The Morgan fingerprint density at radius 1 is 1.21 bits per heavy atom. The number of hydrogen-bond acceptors (Lipinski definition) is 4. The van der Waals surface area contributed by atoms with Gasteiger partial charge in [0.15, 0.2) is 9.84 Å². The van der Waals surface area contributed by atoms with Crippen LogP contribution < -0.4 is 5.32 Å². The average molecular weight is 416 g/mol. The lowest BCUT2D eigenvalue weighted by atomic mass is 10.1. The summed E-state index contributed by atoms with van der Waals surface area (Å²) < 4.78 is 25.3. The molecule has 3 rings (SSSR count). The maximum atomic E-state index is 12.8. The van der Waals surface area contributed by atoms with Crippen LogP contribution in [0.15, 0.2) is 47.4 Å². The Hall–Kier alpha value is -2.82. The van der Waals surface area contributed by atoms with Gasteiger partial charge in [0, 0.05) is 29.2 Å². The molecule has 0 aliphatic heterocycles. The van der Waals surface area contributed by atoms with Crippen molar-refractivity contribution in [2.45, 2.75) is 17.9 Å². The van der Waals surface area contributed by atoms with Crippen molar-refractivity contribution >= 4 is 38.2 Å². The predicted molar refractivity (Wildman–Crippen MR) is 108 cm³/mol. The molecule has 8 heteroatoms. The summed E-state index contributed by atoms with van der Waals surface area (Å²) in [6.45, 7) is 1.77. The van der Waals surface area contributed by atoms with E-state index < -0.39 is 15.9 Å². The molecule has 0 aliphatic carbocycles. The maximum absolute atomic E-state index is 12.8. The molecule has 1 aromatic heterocycles. The van der Waals surface area contributed by atoms with Gasteiger partial charge in [0.1, 0.15) is 11.8 Å². The number of carbonyl (C=O) groups is 1. The van der Waals surface area contributed by atoms with E-state index in [4.69, 9.17) is 11.6 Å². The second-order valence-electron chi connectivity index (χ2n) is 6.63. The highest BCUT2D eigenvalue weighted by Gasteiger charge is 2.19. The third-order valence-corrected chi connectivity index (χ3v) is 6.00. The molecule has 1 amide bonds. The number of halogens is 1. The van der Waals surface area contributed by atoms with Crippen LogP contribution in [0.1, 0.15) is 34.6 Å². The lowest BCUT2D eigenvalue weighted by Crippen LogP contribution is -2.28. The first-order chi connectivity index (χ1) is 13.1. The lowest BCUT2D eigenvalue weighted by molar-refractivity contribution is 0.0932. The van der Waals surface area contributed by atoms with Gasteiger partial charge in [-0.1, -0.05) is 23.7 Å². The van der Waals surface area contributed by atoms with E-state index in [-0.39, 0.29) is 16.4 Å². The van der Waals surface area contributed by atoms with Crippen LogP contribution in [0.2, 0.25) is 5.02 Å². The van der Waals surface area contributed by atoms with Crippen LogP contribution in [0.5, 0.6) is 0 Å². The van der Waals surface area contributed by atoms with E-state index >= 15 is 0 Å². The number of sulfone groups is 1. The number of amides is 1. The van der Waals surface area contributed by atoms with Crippen molar-refractivity contribution in [3.8, 4) is 6.07 Å². The Bertz CT molecular complexity index is 1240. The summed E-state index contributed by atoms with van der Waals surface area (Å²) in [7, 11) is -1.72.